The third-order valence-electron chi connectivity index (χ3n) is 7.03. The predicted octanol–water partition coefficient (Wildman–Crippen LogP) is 5.48. The van der Waals surface area contributed by atoms with E-state index < -0.39 is 72.8 Å². The van der Waals surface area contributed by atoms with Gasteiger partial charge in [0.1, 0.15) is 39.3 Å². The maximum atomic E-state index is 12.3. The first-order valence-electron chi connectivity index (χ1n) is 13.9. The van der Waals surface area contributed by atoms with Gasteiger partial charge in [0.05, 0.1) is 27.0 Å². The van der Waals surface area contributed by atoms with E-state index in [9.17, 15) is 53.0 Å². The second-order valence-corrected chi connectivity index (χ2v) is 17.7. The number of fused-ring (bicyclic) bond motifs is 1. The number of aromatic hydroxyl groups is 2. The first-order valence-corrected chi connectivity index (χ1v) is 20.3. The summed E-state index contributed by atoms with van der Waals surface area (Å²) in [7, 11) is -17.1. The highest BCUT2D eigenvalue weighted by molar-refractivity contribution is 7.91. The molecule has 5 N–H and O–H groups in total. The zero-order valence-electron chi connectivity index (χ0n) is 25.8. The Morgan fingerprint density at radius 3 is 1.86 bits per heavy atom. The summed E-state index contributed by atoms with van der Waals surface area (Å²) in [6.07, 6.45) is 0. The number of rotatable bonds is 12. The van der Waals surface area contributed by atoms with Crippen LogP contribution in [0.5, 0.6) is 11.5 Å². The number of nitrogens with one attached hydrogen (secondary N) is 1. The molecule has 21 heteroatoms. The van der Waals surface area contributed by atoms with Crippen molar-refractivity contribution in [1.29, 1.82) is 0 Å². The summed E-state index contributed by atoms with van der Waals surface area (Å²) in [5.41, 5.74) is -0.666. The van der Waals surface area contributed by atoms with Crippen molar-refractivity contribution in [3.63, 3.8) is 0 Å². The van der Waals surface area contributed by atoms with Crippen molar-refractivity contribution in [3.8, 4) is 11.5 Å². The van der Waals surface area contributed by atoms with E-state index in [4.69, 9.17) is 0 Å². The van der Waals surface area contributed by atoms with Gasteiger partial charge in [-0.1, -0.05) is 13.8 Å². The Morgan fingerprint density at radius 1 is 0.653 bits per heavy atom. The molecule has 0 aromatic heterocycles. The molecule has 0 aliphatic rings. The Balaban J connectivity index is 1.85. The van der Waals surface area contributed by atoms with Gasteiger partial charge in [-0.05, 0) is 61.0 Å². The molecule has 0 aliphatic heterocycles. The molecular formula is C28H29N5O12S4. The number of hydrogen-bond acceptors (Lipinski definition) is 15. The molecule has 0 saturated heterocycles. The summed E-state index contributed by atoms with van der Waals surface area (Å²) in [5.74, 6) is -2.50. The largest absolute Gasteiger partial charge is 0.506 e. The van der Waals surface area contributed by atoms with Crippen molar-refractivity contribution < 1.29 is 53.0 Å². The molecule has 4 aromatic carbocycles. The van der Waals surface area contributed by atoms with Gasteiger partial charge in [-0.3, -0.25) is 9.11 Å². The third kappa shape index (κ3) is 8.37. The van der Waals surface area contributed by atoms with Gasteiger partial charge in [0.25, 0.3) is 20.2 Å². The first kappa shape index (κ1) is 37.3. The summed E-state index contributed by atoms with van der Waals surface area (Å²) < 4.78 is 115. The topological polar surface area (TPSA) is 279 Å². The van der Waals surface area contributed by atoms with Crippen LogP contribution in [-0.4, -0.2) is 70.4 Å². The lowest BCUT2D eigenvalue weighted by Gasteiger charge is -2.12. The summed E-state index contributed by atoms with van der Waals surface area (Å²) >= 11 is 0. The number of nitrogens with zero attached hydrogens (tertiary/aromatic N) is 4. The maximum absolute atomic E-state index is 12.3. The average Bonchev–Trinajstić information content (AvgIpc) is 3.02. The normalized spacial score (nSPS) is 13.1. The van der Waals surface area contributed by atoms with Gasteiger partial charge in [-0.15, -0.1) is 20.5 Å². The molecule has 0 atom stereocenters. The Bertz CT molecular complexity index is 2480. The summed E-state index contributed by atoms with van der Waals surface area (Å²) in [4.78, 5) is -1.37. The van der Waals surface area contributed by atoms with Gasteiger partial charge >= 0.3 is 0 Å². The highest BCUT2D eigenvalue weighted by Gasteiger charge is 2.22. The van der Waals surface area contributed by atoms with Crippen LogP contribution in [0.3, 0.4) is 0 Å². The summed E-state index contributed by atoms with van der Waals surface area (Å²) in [6.45, 7) is 4.31. The number of phenolic OH excluding ortho intramolecular Hbond substituents is 2. The van der Waals surface area contributed by atoms with E-state index in [1.165, 1.54) is 51.1 Å². The molecule has 0 radical (unpaired) electrons. The van der Waals surface area contributed by atoms with E-state index >= 15 is 0 Å². The van der Waals surface area contributed by atoms with Gasteiger partial charge in [0, 0.05) is 16.8 Å². The fourth-order valence-electron chi connectivity index (χ4n) is 4.45. The Morgan fingerprint density at radius 2 is 1.24 bits per heavy atom. The van der Waals surface area contributed by atoms with Crippen molar-refractivity contribution >= 4 is 79.1 Å². The van der Waals surface area contributed by atoms with Crippen molar-refractivity contribution in [2.75, 3.05) is 22.7 Å². The van der Waals surface area contributed by atoms with E-state index in [-0.39, 0.29) is 49.9 Å². The van der Waals surface area contributed by atoms with E-state index in [1.807, 2.05) is 0 Å². The minimum absolute atomic E-state index is 0.0481. The third-order valence-corrected chi connectivity index (χ3v) is 12.0. The quantitative estimate of drug-likeness (QED) is 0.0885. The van der Waals surface area contributed by atoms with Crippen LogP contribution >= 0.6 is 0 Å². The molecule has 17 nitrogen and oxygen atoms in total. The van der Waals surface area contributed by atoms with Crippen LogP contribution in [0.25, 0.3) is 10.8 Å². The van der Waals surface area contributed by atoms with Crippen molar-refractivity contribution in [3.05, 3.63) is 60.2 Å². The number of anilines is 1. The molecule has 49 heavy (non-hydrogen) atoms. The second-order valence-electron chi connectivity index (χ2n) is 10.3. The molecule has 4 rings (SSSR count). The maximum Gasteiger partial charge on any atom is 0.296 e. The van der Waals surface area contributed by atoms with Gasteiger partial charge in [0.2, 0.25) is 0 Å². The zero-order chi connectivity index (χ0) is 36.5. The number of sulfone groups is 2. The van der Waals surface area contributed by atoms with Gasteiger partial charge in [-0.25, -0.2) is 16.8 Å². The average molecular weight is 756 g/mol. The van der Waals surface area contributed by atoms with Crippen molar-refractivity contribution in [2.45, 2.75) is 35.5 Å². The molecule has 0 amide bonds. The molecule has 4 aromatic rings. The number of azo groups is 2. The molecule has 262 valence electrons. The van der Waals surface area contributed by atoms with Crippen LogP contribution in [0.2, 0.25) is 0 Å². The van der Waals surface area contributed by atoms with E-state index in [0.29, 0.717) is 11.6 Å². The highest BCUT2D eigenvalue weighted by Crippen LogP contribution is 2.44. The molecule has 0 spiro atoms. The van der Waals surface area contributed by atoms with Crippen LogP contribution in [0, 0.1) is 6.92 Å². The molecule has 0 heterocycles. The molecule has 0 bridgehead atoms. The van der Waals surface area contributed by atoms with Crippen LogP contribution in [0.1, 0.15) is 19.4 Å². The summed E-state index contributed by atoms with van der Waals surface area (Å²) in [5, 5.41) is 39.9. The van der Waals surface area contributed by atoms with Crippen molar-refractivity contribution in [2.24, 2.45) is 20.5 Å². The molecule has 0 fully saturated rings. The SMILES string of the molecule is CCS(=O)(=O)c1ccc(/N=N/c2c(NCS(=O)(=O)O)ccc3c(O)c(/N=N/c4cc(C)c(S(=O)(=O)CC)cc4O)ccc23)c(S(=O)(=O)O)c1. The van der Waals surface area contributed by atoms with Gasteiger partial charge < -0.3 is 15.5 Å². The van der Waals surface area contributed by atoms with E-state index in [1.54, 1.807) is 0 Å². The number of phenols is 2. The zero-order valence-corrected chi connectivity index (χ0v) is 29.1. The van der Waals surface area contributed by atoms with Crippen LogP contribution in [0.4, 0.5) is 28.4 Å². The second kappa shape index (κ2) is 13.8. The number of benzene rings is 4. The summed E-state index contributed by atoms with van der Waals surface area (Å²) in [6, 6.07) is 10.3. The number of hydrogen-bond donors (Lipinski definition) is 5. The molecule has 0 saturated carbocycles. The Labute approximate surface area is 281 Å². The highest BCUT2D eigenvalue weighted by atomic mass is 32.2. The smallest absolute Gasteiger partial charge is 0.296 e. The molecular weight excluding hydrogens is 727 g/mol. The van der Waals surface area contributed by atoms with E-state index in [2.05, 4.69) is 25.8 Å². The molecule has 0 aliphatic carbocycles. The van der Waals surface area contributed by atoms with Gasteiger partial charge in [-0.2, -0.15) is 16.8 Å². The minimum atomic E-state index is -5.03. The van der Waals surface area contributed by atoms with Gasteiger partial charge in [0.15, 0.2) is 25.4 Å². The molecule has 0 unspecified atom stereocenters. The minimum Gasteiger partial charge on any atom is -0.506 e. The number of aryl methyl sites for hydroxylation is 1. The Hall–Kier alpha value is -4.54. The lowest BCUT2D eigenvalue weighted by Crippen LogP contribution is -2.13. The van der Waals surface area contributed by atoms with Crippen LogP contribution in [-0.2, 0) is 39.9 Å². The predicted molar refractivity (Wildman–Crippen MR) is 179 cm³/mol. The standard InChI is InChI=1S/C28H29N5O12S4/c1-4-46(36,37)17-6-9-20(26(13-17)49(43,44)45)30-33-27-18-7-11-22(28(35)19(18)8-10-21(27)29-15-48(40,41)42)31-32-23-12-16(3)25(14-24(23)34)47(38,39)5-2/h6-14,29,34-35H,4-5,15H2,1-3H3,(H,40,41,42)(H,43,44,45)/b32-31+,33-30+. The van der Waals surface area contributed by atoms with Crippen molar-refractivity contribution in [1.82, 2.24) is 0 Å². The fourth-order valence-corrected chi connectivity index (χ4v) is 7.57. The van der Waals surface area contributed by atoms with Crippen LogP contribution < -0.4 is 5.32 Å². The monoisotopic (exact) mass is 755 g/mol. The lowest BCUT2D eigenvalue weighted by atomic mass is 10.1. The van der Waals surface area contributed by atoms with E-state index in [0.717, 1.165) is 18.2 Å². The Kier molecular flexibility index (Phi) is 10.5. The fraction of sp³-hybridized carbons (Fsp3) is 0.214. The lowest BCUT2D eigenvalue weighted by molar-refractivity contribution is 0.473. The first-order chi connectivity index (χ1) is 22.7. The van der Waals surface area contributed by atoms with Crippen LogP contribution in [0.15, 0.2) is 89.7 Å².